The molecule has 0 aromatic heterocycles. The molecule has 1 unspecified atom stereocenters. The Labute approximate surface area is 180 Å². The van der Waals surface area contributed by atoms with Gasteiger partial charge in [-0.2, -0.15) is 0 Å². The number of ether oxygens (including phenoxy) is 1. The van der Waals surface area contributed by atoms with Crippen molar-refractivity contribution in [2.75, 3.05) is 13.2 Å². The molecule has 3 N–H and O–H groups in total. The number of carboxylic acids is 1. The smallest absolute Gasteiger partial charge is 0.407 e. The molecule has 0 radical (unpaired) electrons. The number of carboxylic acid groups (broad SMARTS) is 1. The average Bonchev–Trinajstić information content (AvgIpc) is 3.06. The lowest BCUT2D eigenvalue weighted by molar-refractivity contribution is -0.141. The van der Waals surface area contributed by atoms with Crippen molar-refractivity contribution in [1.82, 2.24) is 10.6 Å². The highest BCUT2D eigenvalue weighted by atomic mass is 16.5. The minimum atomic E-state index is -0.941. The summed E-state index contributed by atoms with van der Waals surface area (Å²) in [5.41, 5.74) is 4.68. The van der Waals surface area contributed by atoms with Gasteiger partial charge in [-0.25, -0.2) is 4.79 Å². The lowest BCUT2D eigenvalue weighted by atomic mass is 9.79. The van der Waals surface area contributed by atoms with E-state index in [4.69, 9.17) is 9.84 Å². The molecule has 2 aliphatic rings. The molecule has 7 nitrogen and oxygen atoms in total. The fraction of sp³-hybridized carbons (Fsp3) is 0.375. The van der Waals surface area contributed by atoms with Crippen LogP contribution in [0.2, 0.25) is 0 Å². The number of alkyl carbamates (subject to hydrolysis) is 1. The minimum Gasteiger partial charge on any atom is -0.481 e. The Morgan fingerprint density at radius 3 is 2.19 bits per heavy atom. The van der Waals surface area contributed by atoms with Gasteiger partial charge in [0, 0.05) is 24.4 Å². The van der Waals surface area contributed by atoms with Crippen molar-refractivity contribution in [3.63, 3.8) is 0 Å². The molecule has 2 aliphatic carbocycles. The first-order valence-corrected chi connectivity index (χ1v) is 10.6. The van der Waals surface area contributed by atoms with Crippen molar-refractivity contribution in [2.24, 2.45) is 11.8 Å². The molecule has 31 heavy (non-hydrogen) atoms. The van der Waals surface area contributed by atoms with Crippen LogP contribution < -0.4 is 10.6 Å². The van der Waals surface area contributed by atoms with Gasteiger partial charge in [0.1, 0.15) is 6.61 Å². The maximum Gasteiger partial charge on any atom is 0.407 e. The van der Waals surface area contributed by atoms with Crippen molar-refractivity contribution in [3.8, 4) is 11.1 Å². The van der Waals surface area contributed by atoms with E-state index in [1.54, 1.807) is 6.92 Å². The molecule has 1 atom stereocenters. The Balaban J connectivity index is 1.24. The summed E-state index contributed by atoms with van der Waals surface area (Å²) in [5, 5.41) is 14.3. The van der Waals surface area contributed by atoms with Crippen LogP contribution in [0, 0.1) is 11.8 Å². The number of fused-ring (bicyclic) bond motifs is 3. The van der Waals surface area contributed by atoms with Gasteiger partial charge in [-0.05, 0) is 35.1 Å². The van der Waals surface area contributed by atoms with E-state index in [-0.39, 0.29) is 36.9 Å². The van der Waals surface area contributed by atoms with Crippen LogP contribution in [0.1, 0.15) is 36.8 Å². The predicted molar refractivity (Wildman–Crippen MR) is 115 cm³/mol. The number of carbonyl (C=O) groups excluding carboxylic acids is 2. The third-order valence-corrected chi connectivity index (χ3v) is 6.18. The zero-order valence-electron chi connectivity index (χ0n) is 17.3. The summed E-state index contributed by atoms with van der Waals surface area (Å²) in [6.07, 6.45) is 0.569. The van der Waals surface area contributed by atoms with Gasteiger partial charge in [-0.15, -0.1) is 0 Å². The molecule has 0 spiro atoms. The highest BCUT2D eigenvalue weighted by Crippen LogP contribution is 2.44. The highest BCUT2D eigenvalue weighted by Gasteiger charge is 2.36. The summed E-state index contributed by atoms with van der Waals surface area (Å²) in [6, 6.07) is 16.2. The number of carbonyl (C=O) groups is 3. The molecule has 2 amide bonds. The minimum absolute atomic E-state index is 0.00860. The van der Waals surface area contributed by atoms with E-state index < -0.39 is 18.0 Å². The topological polar surface area (TPSA) is 105 Å². The van der Waals surface area contributed by atoms with Crippen molar-refractivity contribution in [3.05, 3.63) is 59.7 Å². The van der Waals surface area contributed by atoms with E-state index >= 15 is 0 Å². The Kier molecular flexibility index (Phi) is 5.93. The normalized spacial score (nSPS) is 20.0. The van der Waals surface area contributed by atoms with Gasteiger partial charge in [-0.3, -0.25) is 9.59 Å². The third-order valence-electron chi connectivity index (χ3n) is 6.18. The fourth-order valence-electron chi connectivity index (χ4n) is 4.24. The monoisotopic (exact) mass is 422 g/mol. The number of aliphatic carboxylic acids is 1. The van der Waals surface area contributed by atoms with Gasteiger partial charge in [0.15, 0.2) is 0 Å². The van der Waals surface area contributed by atoms with E-state index in [2.05, 4.69) is 34.9 Å². The zero-order chi connectivity index (χ0) is 22.0. The van der Waals surface area contributed by atoms with Crippen molar-refractivity contribution < 1.29 is 24.2 Å². The van der Waals surface area contributed by atoms with Gasteiger partial charge in [-0.1, -0.05) is 55.5 Å². The predicted octanol–water partition coefficient (Wildman–Crippen LogP) is 3.14. The van der Waals surface area contributed by atoms with E-state index in [9.17, 15) is 14.4 Å². The highest BCUT2D eigenvalue weighted by molar-refractivity contribution is 5.81. The summed E-state index contributed by atoms with van der Waals surface area (Å²) >= 11 is 0. The standard InChI is InChI=1S/C24H26N2O5/c1-14(23(28)29)12-25-22(27)15-10-16(11-15)26-24(30)31-13-21-19-8-4-2-6-17(19)18-7-3-5-9-20(18)21/h2-9,14-16,21H,10-13H2,1H3,(H,25,27)(H,26,30)(H,28,29). The molecule has 7 heteroatoms. The van der Waals surface area contributed by atoms with E-state index in [1.165, 1.54) is 11.1 Å². The first-order valence-electron chi connectivity index (χ1n) is 10.6. The van der Waals surface area contributed by atoms with Crippen LogP contribution in [0.4, 0.5) is 4.79 Å². The maximum absolute atomic E-state index is 12.3. The lowest BCUT2D eigenvalue weighted by Crippen LogP contribution is -2.50. The molecule has 2 aromatic carbocycles. The van der Waals surface area contributed by atoms with Crippen molar-refractivity contribution in [1.29, 1.82) is 0 Å². The lowest BCUT2D eigenvalue weighted by Gasteiger charge is -2.34. The van der Waals surface area contributed by atoms with Crippen molar-refractivity contribution in [2.45, 2.75) is 31.7 Å². The van der Waals surface area contributed by atoms with Crippen molar-refractivity contribution >= 4 is 18.0 Å². The fourth-order valence-corrected chi connectivity index (χ4v) is 4.24. The average molecular weight is 422 g/mol. The van der Waals surface area contributed by atoms with Crippen LogP contribution in [0.25, 0.3) is 11.1 Å². The number of amides is 2. The Morgan fingerprint density at radius 1 is 1.03 bits per heavy atom. The number of nitrogens with one attached hydrogen (secondary N) is 2. The molecule has 4 rings (SSSR count). The van der Waals surface area contributed by atoms with Crippen LogP contribution in [-0.4, -0.2) is 42.3 Å². The van der Waals surface area contributed by atoms with Gasteiger partial charge >= 0.3 is 12.1 Å². The SMILES string of the molecule is CC(CNC(=O)C1CC(NC(=O)OCC2c3ccccc3-c3ccccc32)C1)C(=O)O. The molecule has 1 fully saturated rings. The molecule has 0 heterocycles. The second-order valence-electron chi connectivity index (χ2n) is 8.32. The second-order valence-corrected chi connectivity index (χ2v) is 8.32. The number of benzene rings is 2. The van der Waals surface area contributed by atoms with E-state index in [1.807, 2.05) is 24.3 Å². The third kappa shape index (κ3) is 4.40. The second kappa shape index (κ2) is 8.79. The Hall–Kier alpha value is -3.35. The first kappa shape index (κ1) is 20.9. The summed E-state index contributed by atoms with van der Waals surface area (Å²) in [4.78, 5) is 35.2. The van der Waals surface area contributed by atoms with E-state index in [0.717, 1.165) is 11.1 Å². The summed E-state index contributed by atoms with van der Waals surface area (Å²) in [5.74, 6) is -1.93. The number of hydrogen-bond donors (Lipinski definition) is 3. The molecular formula is C24H26N2O5. The molecular weight excluding hydrogens is 396 g/mol. The van der Waals surface area contributed by atoms with Crippen LogP contribution >= 0.6 is 0 Å². The van der Waals surface area contributed by atoms with Gasteiger partial charge in [0.25, 0.3) is 0 Å². The zero-order valence-corrected chi connectivity index (χ0v) is 17.3. The van der Waals surface area contributed by atoms with Gasteiger partial charge in [0.2, 0.25) is 5.91 Å². The van der Waals surface area contributed by atoms with Crippen LogP contribution in [0.3, 0.4) is 0 Å². The first-order chi connectivity index (χ1) is 14.9. The molecule has 0 saturated heterocycles. The van der Waals surface area contributed by atoms with Crippen LogP contribution in [0.15, 0.2) is 48.5 Å². The number of rotatable bonds is 7. The van der Waals surface area contributed by atoms with Gasteiger partial charge < -0.3 is 20.5 Å². The molecule has 162 valence electrons. The van der Waals surface area contributed by atoms with E-state index in [0.29, 0.717) is 12.8 Å². The Morgan fingerprint density at radius 2 is 1.61 bits per heavy atom. The molecule has 0 aliphatic heterocycles. The summed E-state index contributed by atoms with van der Waals surface area (Å²) in [7, 11) is 0. The molecule has 0 bridgehead atoms. The largest absolute Gasteiger partial charge is 0.481 e. The maximum atomic E-state index is 12.3. The quantitative estimate of drug-likeness (QED) is 0.636. The van der Waals surface area contributed by atoms with Gasteiger partial charge in [0.05, 0.1) is 5.92 Å². The Bertz CT molecular complexity index is 953. The summed E-state index contributed by atoms with van der Waals surface area (Å²) in [6.45, 7) is 1.91. The number of hydrogen-bond acceptors (Lipinski definition) is 4. The molecule has 1 saturated carbocycles. The van der Waals surface area contributed by atoms with Crippen LogP contribution in [0.5, 0.6) is 0 Å². The summed E-state index contributed by atoms with van der Waals surface area (Å²) < 4.78 is 5.53. The van der Waals surface area contributed by atoms with Crippen LogP contribution in [-0.2, 0) is 14.3 Å². The molecule has 2 aromatic rings.